The Labute approximate surface area is 118 Å². The van der Waals surface area contributed by atoms with Crippen LogP contribution in [0.15, 0.2) is 42.5 Å². The largest absolute Gasteiger partial charge is 0.506 e. The molecule has 3 rings (SSSR count). The van der Waals surface area contributed by atoms with Crippen LogP contribution in [0.25, 0.3) is 0 Å². The van der Waals surface area contributed by atoms with Gasteiger partial charge in [0, 0.05) is 25.2 Å². The number of ether oxygens (including phenoxy) is 1. The molecule has 0 atom stereocenters. The standard InChI is InChI=1S/C16H18N2O2/c17-14-9-12(5-6-15(14)19)10-18-7-8-20-16-4-2-1-3-13(16)11-18/h1-6,9,19H,7-8,10-11,17H2. The van der Waals surface area contributed by atoms with Crippen LogP contribution in [0.5, 0.6) is 11.5 Å². The number of hydrogen-bond donors (Lipinski definition) is 2. The number of aromatic hydroxyl groups is 1. The molecule has 1 heterocycles. The summed E-state index contributed by atoms with van der Waals surface area (Å²) in [5.74, 6) is 1.11. The lowest BCUT2D eigenvalue weighted by Crippen LogP contribution is -2.25. The molecule has 20 heavy (non-hydrogen) atoms. The van der Waals surface area contributed by atoms with Gasteiger partial charge in [-0.1, -0.05) is 24.3 Å². The minimum absolute atomic E-state index is 0.137. The van der Waals surface area contributed by atoms with E-state index >= 15 is 0 Å². The highest BCUT2D eigenvalue weighted by Crippen LogP contribution is 2.25. The van der Waals surface area contributed by atoms with Gasteiger partial charge in [0.2, 0.25) is 0 Å². The Bertz CT molecular complexity index is 613. The van der Waals surface area contributed by atoms with Crippen LogP contribution in [-0.2, 0) is 13.1 Å². The lowest BCUT2D eigenvalue weighted by molar-refractivity contribution is 0.219. The van der Waals surface area contributed by atoms with Crippen molar-refractivity contribution in [1.29, 1.82) is 0 Å². The summed E-state index contributed by atoms with van der Waals surface area (Å²) in [5, 5.41) is 9.47. The number of hydrogen-bond acceptors (Lipinski definition) is 4. The van der Waals surface area contributed by atoms with Gasteiger partial charge in [-0.15, -0.1) is 0 Å². The van der Waals surface area contributed by atoms with Gasteiger partial charge in [-0.25, -0.2) is 0 Å². The zero-order valence-electron chi connectivity index (χ0n) is 11.2. The van der Waals surface area contributed by atoms with Crippen molar-refractivity contribution >= 4 is 5.69 Å². The summed E-state index contributed by atoms with van der Waals surface area (Å²) in [7, 11) is 0. The fourth-order valence-electron chi connectivity index (χ4n) is 2.48. The maximum atomic E-state index is 9.47. The molecule has 4 heteroatoms. The first-order chi connectivity index (χ1) is 9.72. The molecule has 0 fully saturated rings. The molecule has 0 radical (unpaired) electrons. The highest BCUT2D eigenvalue weighted by Gasteiger charge is 2.15. The third-order valence-electron chi connectivity index (χ3n) is 3.53. The second-order valence-corrected chi connectivity index (χ2v) is 5.06. The molecule has 1 aliphatic heterocycles. The van der Waals surface area contributed by atoms with Gasteiger partial charge < -0.3 is 15.6 Å². The van der Waals surface area contributed by atoms with Crippen molar-refractivity contribution in [3.63, 3.8) is 0 Å². The van der Waals surface area contributed by atoms with E-state index in [1.165, 1.54) is 5.56 Å². The molecule has 0 unspecified atom stereocenters. The topological polar surface area (TPSA) is 58.7 Å². The quantitative estimate of drug-likeness (QED) is 0.649. The van der Waals surface area contributed by atoms with E-state index in [1.54, 1.807) is 6.07 Å². The summed E-state index contributed by atoms with van der Waals surface area (Å²) in [5.41, 5.74) is 8.47. The summed E-state index contributed by atoms with van der Waals surface area (Å²) in [6.07, 6.45) is 0. The van der Waals surface area contributed by atoms with E-state index in [9.17, 15) is 5.11 Å². The Kier molecular flexibility index (Phi) is 3.48. The van der Waals surface area contributed by atoms with Gasteiger partial charge in [-0.2, -0.15) is 0 Å². The number of para-hydroxylation sites is 1. The lowest BCUT2D eigenvalue weighted by atomic mass is 10.1. The molecule has 0 saturated carbocycles. The van der Waals surface area contributed by atoms with E-state index in [-0.39, 0.29) is 5.75 Å². The minimum Gasteiger partial charge on any atom is -0.506 e. The Balaban J connectivity index is 1.76. The zero-order chi connectivity index (χ0) is 13.9. The summed E-state index contributed by atoms with van der Waals surface area (Å²) in [6, 6.07) is 13.5. The second kappa shape index (κ2) is 5.43. The molecule has 0 amide bonds. The Morgan fingerprint density at radius 3 is 2.90 bits per heavy atom. The smallest absolute Gasteiger partial charge is 0.138 e. The third-order valence-corrected chi connectivity index (χ3v) is 3.53. The average Bonchev–Trinajstić information content (AvgIpc) is 2.64. The highest BCUT2D eigenvalue weighted by atomic mass is 16.5. The van der Waals surface area contributed by atoms with Crippen molar-refractivity contribution in [2.24, 2.45) is 0 Å². The first-order valence-corrected chi connectivity index (χ1v) is 6.73. The average molecular weight is 270 g/mol. The number of benzene rings is 2. The number of anilines is 1. The highest BCUT2D eigenvalue weighted by molar-refractivity contribution is 5.53. The van der Waals surface area contributed by atoms with Crippen LogP contribution < -0.4 is 10.5 Å². The molecule has 3 N–H and O–H groups in total. The fourth-order valence-corrected chi connectivity index (χ4v) is 2.48. The molecule has 0 bridgehead atoms. The molecular formula is C16H18N2O2. The van der Waals surface area contributed by atoms with Crippen molar-refractivity contribution in [3.8, 4) is 11.5 Å². The Morgan fingerprint density at radius 1 is 1.20 bits per heavy atom. The number of rotatable bonds is 2. The molecule has 1 aliphatic rings. The number of nitrogens with two attached hydrogens (primary N) is 1. The van der Waals surface area contributed by atoms with Crippen LogP contribution in [0, 0.1) is 0 Å². The predicted octanol–water partition coefficient (Wildman–Crippen LogP) is 2.37. The van der Waals surface area contributed by atoms with E-state index in [2.05, 4.69) is 11.0 Å². The number of phenolic OH excluding ortho intramolecular Hbond substituents is 1. The van der Waals surface area contributed by atoms with Gasteiger partial charge >= 0.3 is 0 Å². The maximum absolute atomic E-state index is 9.47. The van der Waals surface area contributed by atoms with Gasteiger partial charge in [-0.05, 0) is 23.8 Å². The summed E-state index contributed by atoms with van der Waals surface area (Å²) >= 11 is 0. The zero-order valence-corrected chi connectivity index (χ0v) is 11.2. The molecule has 0 spiro atoms. The van der Waals surface area contributed by atoms with E-state index in [1.807, 2.05) is 30.3 Å². The third kappa shape index (κ3) is 2.70. The molecule has 104 valence electrons. The lowest BCUT2D eigenvalue weighted by Gasteiger charge is -2.19. The first kappa shape index (κ1) is 12.8. The van der Waals surface area contributed by atoms with E-state index in [0.717, 1.165) is 30.9 Å². The monoisotopic (exact) mass is 270 g/mol. The first-order valence-electron chi connectivity index (χ1n) is 6.73. The van der Waals surface area contributed by atoms with Crippen LogP contribution in [0.2, 0.25) is 0 Å². The van der Waals surface area contributed by atoms with Gasteiger partial charge in [-0.3, -0.25) is 4.90 Å². The number of nitrogens with zero attached hydrogens (tertiary/aromatic N) is 1. The van der Waals surface area contributed by atoms with Gasteiger partial charge in [0.05, 0.1) is 5.69 Å². The second-order valence-electron chi connectivity index (χ2n) is 5.06. The summed E-state index contributed by atoms with van der Waals surface area (Å²) in [6.45, 7) is 3.21. The van der Waals surface area contributed by atoms with Crippen LogP contribution in [0.4, 0.5) is 5.69 Å². The van der Waals surface area contributed by atoms with Crippen molar-refractivity contribution in [3.05, 3.63) is 53.6 Å². The number of fused-ring (bicyclic) bond motifs is 1. The van der Waals surface area contributed by atoms with Crippen molar-refractivity contribution in [2.75, 3.05) is 18.9 Å². The van der Waals surface area contributed by atoms with Gasteiger partial charge in [0.15, 0.2) is 0 Å². The molecule has 2 aromatic rings. The SMILES string of the molecule is Nc1cc(CN2CCOc3ccccc3C2)ccc1O. The molecule has 0 saturated heterocycles. The van der Waals surface area contributed by atoms with Crippen molar-refractivity contribution in [1.82, 2.24) is 4.90 Å². The van der Waals surface area contributed by atoms with Gasteiger partial charge in [0.25, 0.3) is 0 Å². The fraction of sp³-hybridized carbons (Fsp3) is 0.250. The summed E-state index contributed by atoms with van der Waals surface area (Å²) in [4.78, 5) is 2.32. The number of phenols is 1. The Morgan fingerprint density at radius 2 is 2.05 bits per heavy atom. The van der Waals surface area contributed by atoms with Crippen LogP contribution in [0.1, 0.15) is 11.1 Å². The molecule has 2 aromatic carbocycles. The molecule has 4 nitrogen and oxygen atoms in total. The number of nitrogen functional groups attached to an aromatic ring is 1. The van der Waals surface area contributed by atoms with Crippen molar-refractivity contribution in [2.45, 2.75) is 13.1 Å². The van der Waals surface area contributed by atoms with Crippen LogP contribution in [-0.4, -0.2) is 23.2 Å². The maximum Gasteiger partial charge on any atom is 0.138 e. The predicted molar refractivity (Wildman–Crippen MR) is 78.6 cm³/mol. The van der Waals surface area contributed by atoms with E-state index < -0.39 is 0 Å². The molecule has 0 aliphatic carbocycles. The minimum atomic E-state index is 0.137. The van der Waals surface area contributed by atoms with Crippen LogP contribution >= 0.6 is 0 Å². The normalized spacial score (nSPS) is 15.2. The molecule has 0 aromatic heterocycles. The van der Waals surface area contributed by atoms with E-state index in [0.29, 0.717) is 12.3 Å². The van der Waals surface area contributed by atoms with Crippen LogP contribution in [0.3, 0.4) is 0 Å². The molecular weight excluding hydrogens is 252 g/mol. The van der Waals surface area contributed by atoms with E-state index in [4.69, 9.17) is 10.5 Å². The van der Waals surface area contributed by atoms with Gasteiger partial charge in [0.1, 0.15) is 18.1 Å². The Hall–Kier alpha value is -2.20. The van der Waals surface area contributed by atoms with Crippen molar-refractivity contribution < 1.29 is 9.84 Å². The summed E-state index contributed by atoms with van der Waals surface area (Å²) < 4.78 is 5.75.